The Labute approximate surface area is 115 Å². The zero-order chi connectivity index (χ0) is 13.1. The van der Waals surface area contributed by atoms with Gasteiger partial charge in [0.2, 0.25) is 11.7 Å². The van der Waals surface area contributed by atoms with Crippen LogP contribution in [0.5, 0.6) is 0 Å². The van der Waals surface area contributed by atoms with Crippen molar-refractivity contribution in [1.82, 2.24) is 10.1 Å². The van der Waals surface area contributed by atoms with E-state index in [-0.39, 0.29) is 12.0 Å². The first-order valence-electron chi connectivity index (χ1n) is 5.97. The van der Waals surface area contributed by atoms with Gasteiger partial charge in [-0.3, -0.25) is 0 Å². The molecule has 2 atom stereocenters. The van der Waals surface area contributed by atoms with Crippen LogP contribution < -0.4 is 5.73 Å². The normalized spacial score (nSPS) is 14.4. The molecule has 0 aliphatic rings. The molecule has 2 aromatic rings. The minimum Gasteiger partial charge on any atom is -0.339 e. The maximum Gasteiger partial charge on any atom is 0.231 e. The van der Waals surface area contributed by atoms with Crippen molar-refractivity contribution in [2.75, 3.05) is 0 Å². The quantitative estimate of drug-likeness (QED) is 0.940. The summed E-state index contributed by atoms with van der Waals surface area (Å²) in [6.07, 6.45) is 0.887. The van der Waals surface area contributed by atoms with Crippen LogP contribution in [0.4, 0.5) is 0 Å². The number of benzene rings is 1. The SMILES string of the molecule is CCC(c1nc(-c2cccc(Br)c2)no1)C(C)N. The van der Waals surface area contributed by atoms with Crippen molar-refractivity contribution in [3.05, 3.63) is 34.6 Å². The van der Waals surface area contributed by atoms with Crippen LogP contribution in [-0.4, -0.2) is 16.2 Å². The van der Waals surface area contributed by atoms with Gasteiger partial charge in [0.25, 0.3) is 0 Å². The van der Waals surface area contributed by atoms with E-state index in [1.165, 1.54) is 0 Å². The molecular formula is C13H16BrN3O. The van der Waals surface area contributed by atoms with E-state index in [1.807, 2.05) is 31.2 Å². The molecule has 0 radical (unpaired) electrons. The van der Waals surface area contributed by atoms with Gasteiger partial charge in [0.1, 0.15) is 0 Å². The van der Waals surface area contributed by atoms with Crippen molar-refractivity contribution >= 4 is 15.9 Å². The Bertz CT molecular complexity index is 524. The summed E-state index contributed by atoms with van der Waals surface area (Å²) in [5, 5.41) is 4.02. The minimum atomic E-state index is 0.00538. The van der Waals surface area contributed by atoms with E-state index in [4.69, 9.17) is 10.3 Å². The molecule has 1 aromatic heterocycles. The Hall–Kier alpha value is -1.20. The lowest BCUT2D eigenvalue weighted by atomic mass is 9.99. The Balaban J connectivity index is 2.30. The Morgan fingerprint density at radius 3 is 2.83 bits per heavy atom. The van der Waals surface area contributed by atoms with Crippen LogP contribution in [0.3, 0.4) is 0 Å². The van der Waals surface area contributed by atoms with E-state index in [2.05, 4.69) is 33.0 Å². The van der Waals surface area contributed by atoms with Gasteiger partial charge in [-0.1, -0.05) is 40.1 Å². The fourth-order valence-corrected chi connectivity index (χ4v) is 2.30. The third kappa shape index (κ3) is 2.79. The van der Waals surface area contributed by atoms with Gasteiger partial charge in [0, 0.05) is 16.1 Å². The van der Waals surface area contributed by atoms with Crippen molar-refractivity contribution in [3.63, 3.8) is 0 Å². The van der Waals surface area contributed by atoms with E-state index in [9.17, 15) is 0 Å². The summed E-state index contributed by atoms with van der Waals surface area (Å²) in [5.41, 5.74) is 6.85. The number of nitrogens with zero attached hydrogens (tertiary/aromatic N) is 2. The summed E-state index contributed by atoms with van der Waals surface area (Å²) in [6, 6.07) is 7.82. The first-order chi connectivity index (χ1) is 8.61. The van der Waals surface area contributed by atoms with Gasteiger partial charge in [-0.05, 0) is 25.5 Å². The van der Waals surface area contributed by atoms with E-state index >= 15 is 0 Å². The molecule has 0 saturated heterocycles. The van der Waals surface area contributed by atoms with Crippen molar-refractivity contribution in [1.29, 1.82) is 0 Å². The number of aromatic nitrogens is 2. The highest BCUT2D eigenvalue weighted by Gasteiger charge is 2.21. The van der Waals surface area contributed by atoms with E-state index in [0.29, 0.717) is 11.7 Å². The maximum atomic E-state index is 5.92. The van der Waals surface area contributed by atoms with E-state index in [1.54, 1.807) is 0 Å². The summed E-state index contributed by atoms with van der Waals surface area (Å²) in [5.74, 6) is 1.33. The predicted molar refractivity (Wildman–Crippen MR) is 74.1 cm³/mol. The van der Waals surface area contributed by atoms with Gasteiger partial charge in [-0.15, -0.1) is 0 Å². The average molecular weight is 310 g/mol. The lowest BCUT2D eigenvalue weighted by Crippen LogP contribution is -2.24. The molecule has 0 saturated carbocycles. The van der Waals surface area contributed by atoms with Crippen LogP contribution in [-0.2, 0) is 0 Å². The lowest BCUT2D eigenvalue weighted by Gasteiger charge is -2.13. The minimum absolute atomic E-state index is 0.00538. The highest BCUT2D eigenvalue weighted by molar-refractivity contribution is 9.10. The van der Waals surface area contributed by atoms with Crippen LogP contribution in [0.25, 0.3) is 11.4 Å². The number of rotatable bonds is 4. The first-order valence-corrected chi connectivity index (χ1v) is 6.76. The topological polar surface area (TPSA) is 64.9 Å². The molecule has 2 N–H and O–H groups in total. The zero-order valence-corrected chi connectivity index (χ0v) is 12.0. The van der Waals surface area contributed by atoms with Crippen LogP contribution in [0.1, 0.15) is 32.1 Å². The number of hydrogen-bond donors (Lipinski definition) is 1. The summed E-state index contributed by atoms with van der Waals surface area (Å²) in [6.45, 7) is 4.02. The number of halogens is 1. The Morgan fingerprint density at radius 2 is 2.22 bits per heavy atom. The predicted octanol–water partition coefficient (Wildman–Crippen LogP) is 3.34. The maximum absolute atomic E-state index is 5.92. The largest absolute Gasteiger partial charge is 0.339 e. The van der Waals surface area contributed by atoms with Gasteiger partial charge in [0.05, 0.1) is 5.92 Å². The molecule has 0 aliphatic heterocycles. The molecule has 0 bridgehead atoms. The van der Waals surface area contributed by atoms with Crippen LogP contribution in [0, 0.1) is 0 Å². The van der Waals surface area contributed by atoms with Gasteiger partial charge in [0.15, 0.2) is 0 Å². The smallest absolute Gasteiger partial charge is 0.231 e. The molecule has 0 amide bonds. The van der Waals surface area contributed by atoms with Crippen molar-refractivity contribution in [2.24, 2.45) is 5.73 Å². The zero-order valence-electron chi connectivity index (χ0n) is 10.4. The van der Waals surface area contributed by atoms with Gasteiger partial charge in [-0.2, -0.15) is 4.98 Å². The monoisotopic (exact) mass is 309 g/mol. The Morgan fingerprint density at radius 1 is 1.44 bits per heavy atom. The third-order valence-corrected chi connectivity index (χ3v) is 3.41. The fraction of sp³-hybridized carbons (Fsp3) is 0.385. The standard InChI is InChI=1S/C13H16BrN3O/c1-3-11(8(2)15)13-16-12(17-18-13)9-5-4-6-10(14)7-9/h4-8,11H,3,15H2,1-2H3. The molecule has 18 heavy (non-hydrogen) atoms. The summed E-state index contributed by atoms with van der Waals surface area (Å²) in [4.78, 5) is 4.44. The highest BCUT2D eigenvalue weighted by atomic mass is 79.9. The second kappa shape index (κ2) is 5.63. The highest BCUT2D eigenvalue weighted by Crippen LogP contribution is 2.25. The van der Waals surface area contributed by atoms with E-state index < -0.39 is 0 Å². The molecule has 2 unspecified atom stereocenters. The van der Waals surface area contributed by atoms with Crippen LogP contribution >= 0.6 is 15.9 Å². The summed E-state index contributed by atoms with van der Waals surface area (Å²) >= 11 is 3.43. The second-order valence-electron chi connectivity index (χ2n) is 4.34. The molecule has 1 aromatic carbocycles. The van der Waals surface area contributed by atoms with Gasteiger partial charge in [-0.25, -0.2) is 0 Å². The molecule has 0 aliphatic carbocycles. The first kappa shape index (κ1) is 13.2. The molecule has 0 spiro atoms. The molecule has 4 nitrogen and oxygen atoms in total. The summed E-state index contributed by atoms with van der Waals surface area (Å²) < 4.78 is 6.31. The van der Waals surface area contributed by atoms with Crippen molar-refractivity contribution in [2.45, 2.75) is 32.2 Å². The fourth-order valence-electron chi connectivity index (χ4n) is 1.90. The third-order valence-electron chi connectivity index (χ3n) is 2.92. The lowest BCUT2D eigenvalue weighted by molar-refractivity contribution is 0.334. The van der Waals surface area contributed by atoms with Crippen molar-refractivity contribution < 1.29 is 4.52 Å². The average Bonchev–Trinajstić information content (AvgIpc) is 2.79. The number of nitrogens with two attached hydrogens (primary N) is 1. The molecule has 0 fully saturated rings. The van der Waals surface area contributed by atoms with Gasteiger partial charge < -0.3 is 10.3 Å². The molecule has 1 heterocycles. The second-order valence-corrected chi connectivity index (χ2v) is 5.26. The van der Waals surface area contributed by atoms with E-state index in [0.717, 1.165) is 16.5 Å². The molecular weight excluding hydrogens is 294 g/mol. The van der Waals surface area contributed by atoms with Crippen molar-refractivity contribution in [3.8, 4) is 11.4 Å². The molecule has 5 heteroatoms. The van der Waals surface area contributed by atoms with Gasteiger partial charge >= 0.3 is 0 Å². The number of hydrogen-bond acceptors (Lipinski definition) is 4. The molecule has 2 rings (SSSR count). The van der Waals surface area contributed by atoms with Crippen LogP contribution in [0.2, 0.25) is 0 Å². The Kier molecular flexibility index (Phi) is 4.14. The molecule has 96 valence electrons. The summed E-state index contributed by atoms with van der Waals surface area (Å²) in [7, 11) is 0. The van der Waals surface area contributed by atoms with Crippen LogP contribution in [0.15, 0.2) is 33.3 Å².